The lowest BCUT2D eigenvalue weighted by atomic mass is 10.2. The molecule has 0 aromatic heterocycles. The molecular formula is C18H21N3O3. The summed E-state index contributed by atoms with van der Waals surface area (Å²) >= 11 is 0. The molecule has 1 unspecified atom stereocenters. The van der Waals surface area contributed by atoms with Gasteiger partial charge in [0.15, 0.2) is 0 Å². The number of ether oxygens (including phenoxy) is 1. The summed E-state index contributed by atoms with van der Waals surface area (Å²) in [4.78, 5) is 28.1. The van der Waals surface area contributed by atoms with Gasteiger partial charge in [-0.1, -0.05) is 12.0 Å². The Kier molecular flexibility index (Phi) is 5.02. The van der Waals surface area contributed by atoms with Gasteiger partial charge in [0.25, 0.3) is 5.91 Å². The van der Waals surface area contributed by atoms with Crippen LogP contribution in [0.4, 0.5) is 10.5 Å². The molecule has 1 atom stereocenters. The van der Waals surface area contributed by atoms with Gasteiger partial charge in [-0.05, 0) is 31.0 Å². The normalized spacial score (nSPS) is 20.5. The van der Waals surface area contributed by atoms with E-state index in [2.05, 4.69) is 11.2 Å². The standard InChI is InChI=1S/C18H21N3O3/c1-2-14-5-3-6-15(13-14)19-18(23)21-10-8-20(9-11-21)17(22)16-7-4-12-24-16/h1,3,5-6,13,16H,4,7-12H2,(H,19,23). The van der Waals surface area contributed by atoms with Crippen LogP contribution in [0, 0.1) is 12.3 Å². The van der Waals surface area contributed by atoms with Crippen molar-refractivity contribution in [3.8, 4) is 12.3 Å². The van der Waals surface area contributed by atoms with Crippen molar-refractivity contribution < 1.29 is 14.3 Å². The summed E-state index contributed by atoms with van der Waals surface area (Å²) in [6, 6.07) is 7.01. The molecule has 126 valence electrons. The zero-order valence-corrected chi connectivity index (χ0v) is 13.5. The summed E-state index contributed by atoms with van der Waals surface area (Å²) in [5, 5.41) is 2.85. The van der Waals surface area contributed by atoms with E-state index in [0.717, 1.165) is 18.4 Å². The van der Waals surface area contributed by atoms with Gasteiger partial charge in [0.2, 0.25) is 0 Å². The van der Waals surface area contributed by atoms with Crippen LogP contribution in [-0.2, 0) is 9.53 Å². The highest BCUT2D eigenvalue weighted by molar-refractivity contribution is 5.90. The molecule has 24 heavy (non-hydrogen) atoms. The van der Waals surface area contributed by atoms with Gasteiger partial charge in [0, 0.05) is 44.0 Å². The maximum absolute atomic E-state index is 12.3. The summed E-state index contributed by atoms with van der Waals surface area (Å²) in [6.45, 7) is 2.76. The van der Waals surface area contributed by atoms with Crippen molar-refractivity contribution in [1.29, 1.82) is 0 Å². The molecule has 0 aliphatic carbocycles. The van der Waals surface area contributed by atoms with Crippen molar-refractivity contribution in [3.63, 3.8) is 0 Å². The van der Waals surface area contributed by atoms with Crippen LogP contribution in [0.2, 0.25) is 0 Å². The van der Waals surface area contributed by atoms with Crippen molar-refractivity contribution in [2.45, 2.75) is 18.9 Å². The van der Waals surface area contributed by atoms with Gasteiger partial charge in [0.05, 0.1) is 0 Å². The monoisotopic (exact) mass is 327 g/mol. The first-order valence-electron chi connectivity index (χ1n) is 8.20. The van der Waals surface area contributed by atoms with Crippen LogP contribution in [-0.4, -0.2) is 60.6 Å². The first-order valence-corrected chi connectivity index (χ1v) is 8.20. The van der Waals surface area contributed by atoms with Crippen LogP contribution in [0.5, 0.6) is 0 Å². The average molecular weight is 327 g/mol. The Morgan fingerprint density at radius 1 is 1.21 bits per heavy atom. The van der Waals surface area contributed by atoms with Gasteiger partial charge in [-0.3, -0.25) is 4.79 Å². The summed E-state index contributed by atoms with van der Waals surface area (Å²) in [6.07, 6.45) is 6.81. The lowest BCUT2D eigenvalue weighted by Crippen LogP contribution is -2.53. The molecule has 0 bridgehead atoms. The van der Waals surface area contributed by atoms with Gasteiger partial charge in [-0.25, -0.2) is 4.79 Å². The quantitative estimate of drug-likeness (QED) is 0.838. The molecule has 6 heteroatoms. The number of urea groups is 1. The largest absolute Gasteiger partial charge is 0.368 e. The van der Waals surface area contributed by atoms with E-state index in [-0.39, 0.29) is 18.0 Å². The minimum absolute atomic E-state index is 0.0503. The molecule has 2 saturated heterocycles. The Bertz CT molecular complexity index is 654. The lowest BCUT2D eigenvalue weighted by Gasteiger charge is -2.35. The third-order valence-corrected chi connectivity index (χ3v) is 4.36. The number of anilines is 1. The zero-order chi connectivity index (χ0) is 16.9. The second kappa shape index (κ2) is 7.37. The van der Waals surface area contributed by atoms with Crippen LogP contribution in [0.15, 0.2) is 24.3 Å². The summed E-state index contributed by atoms with van der Waals surface area (Å²) in [5.74, 6) is 2.59. The molecule has 2 fully saturated rings. The first kappa shape index (κ1) is 16.3. The molecule has 0 radical (unpaired) electrons. The molecule has 1 aromatic rings. The minimum Gasteiger partial charge on any atom is -0.368 e. The third kappa shape index (κ3) is 3.69. The number of terminal acetylenes is 1. The SMILES string of the molecule is C#Cc1cccc(NC(=O)N2CCN(C(=O)C3CCCO3)CC2)c1. The van der Waals surface area contributed by atoms with E-state index in [1.165, 1.54) is 0 Å². The fraction of sp³-hybridized carbons (Fsp3) is 0.444. The molecule has 2 aliphatic heterocycles. The maximum Gasteiger partial charge on any atom is 0.321 e. The van der Waals surface area contributed by atoms with E-state index in [1.807, 2.05) is 12.1 Å². The van der Waals surface area contributed by atoms with E-state index >= 15 is 0 Å². The van der Waals surface area contributed by atoms with Crippen LogP contribution in [0.25, 0.3) is 0 Å². The number of hydrogen-bond donors (Lipinski definition) is 1. The predicted octanol–water partition coefficient (Wildman–Crippen LogP) is 1.52. The number of hydrogen-bond acceptors (Lipinski definition) is 3. The Morgan fingerprint density at radius 3 is 2.62 bits per heavy atom. The summed E-state index contributed by atoms with van der Waals surface area (Å²) in [5.41, 5.74) is 1.40. The fourth-order valence-electron chi connectivity index (χ4n) is 3.00. The van der Waals surface area contributed by atoms with Crippen LogP contribution < -0.4 is 5.32 Å². The average Bonchev–Trinajstić information content (AvgIpc) is 3.16. The number of rotatable bonds is 2. The highest BCUT2D eigenvalue weighted by Crippen LogP contribution is 2.16. The van der Waals surface area contributed by atoms with Crippen molar-refractivity contribution in [2.24, 2.45) is 0 Å². The summed E-state index contributed by atoms with van der Waals surface area (Å²) in [7, 11) is 0. The topological polar surface area (TPSA) is 61.9 Å². The number of nitrogens with zero attached hydrogens (tertiary/aromatic N) is 2. The number of nitrogens with one attached hydrogen (secondary N) is 1. The molecule has 2 aliphatic rings. The second-order valence-corrected chi connectivity index (χ2v) is 5.97. The number of benzene rings is 1. The molecule has 6 nitrogen and oxygen atoms in total. The fourth-order valence-corrected chi connectivity index (χ4v) is 3.00. The van der Waals surface area contributed by atoms with Gasteiger partial charge in [0.1, 0.15) is 6.10 Å². The van der Waals surface area contributed by atoms with Crippen molar-refractivity contribution in [3.05, 3.63) is 29.8 Å². The molecule has 1 aromatic carbocycles. The number of carbonyl (C=O) groups excluding carboxylic acids is 2. The Labute approximate surface area is 141 Å². The Balaban J connectivity index is 1.51. The Morgan fingerprint density at radius 2 is 1.96 bits per heavy atom. The van der Waals surface area contributed by atoms with Gasteiger partial charge in [-0.15, -0.1) is 6.42 Å². The van der Waals surface area contributed by atoms with E-state index in [9.17, 15) is 9.59 Å². The number of amides is 3. The second-order valence-electron chi connectivity index (χ2n) is 5.97. The van der Waals surface area contributed by atoms with Crippen LogP contribution in [0.3, 0.4) is 0 Å². The number of piperazine rings is 1. The molecule has 1 N–H and O–H groups in total. The minimum atomic E-state index is -0.295. The van der Waals surface area contributed by atoms with E-state index in [0.29, 0.717) is 38.5 Å². The molecule has 0 saturated carbocycles. The van der Waals surface area contributed by atoms with Crippen molar-refractivity contribution in [2.75, 3.05) is 38.1 Å². The van der Waals surface area contributed by atoms with E-state index in [1.54, 1.807) is 21.9 Å². The molecular weight excluding hydrogens is 306 g/mol. The van der Waals surface area contributed by atoms with E-state index < -0.39 is 0 Å². The number of carbonyl (C=O) groups is 2. The molecule has 3 rings (SSSR count). The van der Waals surface area contributed by atoms with Crippen LogP contribution in [0.1, 0.15) is 18.4 Å². The van der Waals surface area contributed by atoms with Crippen molar-refractivity contribution in [1.82, 2.24) is 9.80 Å². The van der Waals surface area contributed by atoms with Crippen molar-refractivity contribution >= 4 is 17.6 Å². The van der Waals surface area contributed by atoms with Gasteiger partial charge in [-0.2, -0.15) is 0 Å². The lowest BCUT2D eigenvalue weighted by molar-refractivity contribution is -0.142. The summed E-state index contributed by atoms with van der Waals surface area (Å²) < 4.78 is 5.44. The van der Waals surface area contributed by atoms with Crippen LogP contribution >= 0.6 is 0 Å². The predicted molar refractivity (Wildman–Crippen MR) is 90.5 cm³/mol. The first-order chi connectivity index (χ1) is 11.7. The molecule has 0 spiro atoms. The highest BCUT2D eigenvalue weighted by atomic mass is 16.5. The van der Waals surface area contributed by atoms with Gasteiger partial charge >= 0.3 is 6.03 Å². The Hall–Kier alpha value is -2.52. The molecule has 3 amide bonds. The maximum atomic E-state index is 12.3. The highest BCUT2D eigenvalue weighted by Gasteiger charge is 2.31. The third-order valence-electron chi connectivity index (χ3n) is 4.36. The van der Waals surface area contributed by atoms with E-state index in [4.69, 9.17) is 11.2 Å². The molecule has 2 heterocycles. The van der Waals surface area contributed by atoms with Gasteiger partial charge < -0.3 is 19.9 Å². The zero-order valence-electron chi connectivity index (χ0n) is 13.5. The smallest absolute Gasteiger partial charge is 0.321 e.